The van der Waals surface area contributed by atoms with Crippen molar-refractivity contribution >= 4 is 44.5 Å². The Morgan fingerprint density at radius 3 is 2.61 bits per heavy atom. The van der Waals surface area contributed by atoms with Crippen molar-refractivity contribution in [3.63, 3.8) is 0 Å². The number of carbonyl (C=O) groups excluding carboxylic acids is 3. The number of aromatic nitrogens is 1. The molecule has 0 atom stereocenters. The second-order valence-corrected chi connectivity index (χ2v) is 9.98. The van der Waals surface area contributed by atoms with Crippen LogP contribution in [-0.2, 0) is 16.1 Å². The second kappa shape index (κ2) is 8.26. The number of hydrogen-bond acceptors (Lipinski definition) is 5. The quantitative estimate of drug-likeness (QED) is 0.573. The molecule has 0 radical (unpaired) electrons. The Labute approximate surface area is 196 Å². The smallest absolute Gasteiger partial charge is 0.323 e. The number of carbonyl (C=O) groups is 3. The molecule has 33 heavy (non-hydrogen) atoms. The maximum absolute atomic E-state index is 13.5. The van der Waals surface area contributed by atoms with Gasteiger partial charge in [0.25, 0.3) is 5.91 Å². The van der Waals surface area contributed by atoms with Gasteiger partial charge in [-0.05, 0) is 49.4 Å². The van der Waals surface area contributed by atoms with E-state index in [1.54, 1.807) is 4.90 Å². The van der Waals surface area contributed by atoms with Gasteiger partial charge in [-0.25, -0.2) is 9.78 Å². The zero-order chi connectivity index (χ0) is 23.2. The van der Waals surface area contributed by atoms with Gasteiger partial charge in [0.2, 0.25) is 5.91 Å². The van der Waals surface area contributed by atoms with E-state index >= 15 is 0 Å². The van der Waals surface area contributed by atoms with Gasteiger partial charge in [0.05, 0.1) is 16.8 Å². The van der Waals surface area contributed by atoms with Crippen LogP contribution in [0, 0.1) is 13.8 Å². The molecule has 7 nitrogen and oxygen atoms in total. The fraction of sp³-hybridized carbons (Fsp3) is 0.360. The largest absolute Gasteiger partial charge is 0.325 e. The summed E-state index contributed by atoms with van der Waals surface area (Å²) < 4.78 is 1.03. The first kappa shape index (κ1) is 21.6. The highest BCUT2D eigenvalue weighted by Crippen LogP contribution is 2.36. The van der Waals surface area contributed by atoms with Gasteiger partial charge in [0.15, 0.2) is 5.13 Å². The van der Waals surface area contributed by atoms with Crippen LogP contribution in [0.4, 0.5) is 9.93 Å². The van der Waals surface area contributed by atoms with Gasteiger partial charge < -0.3 is 5.32 Å². The number of aryl methyl sites for hydroxylation is 2. The highest BCUT2D eigenvalue weighted by molar-refractivity contribution is 7.22. The van der Waals surface area contributed by atoms with Crippen molar-refractivity contribution in [3.8, 4) is 0 Å². The zero-order valence-corrected chi connectivity index (χ0v) is 19.6. The van der Waals surface area contributed by atoms with Crippen molar-refractivity contribution in [2.75, 3.05) is 11.4 Å². The molecular weight excluding hydrogens is 436 g/mol. The average Bonchev–Trinajstić information content (AvgIpc) is 3.48. The van der Waals surface area contributed by atoms with Gasteiger partial charge in [-0.15, -0.1) is 0 Å². The SMILES string of the molecule is Cc1cc(C)c2sc(N(Cc3ccccc3)C(=O)CN3C(=O)NC4(CCCC4)C3=O)nc2c1. The Hall–Kier alpha value is -3.26. The molecule has 1 saturated carbocycles. The van der Waals surface area contributed by atoms with Crippen LogP contribution < -0.4 is 10.2 Å². The first-order chi connectivity index (χ1) is 15.9. The predicted octanol–water partition coefficient (Wildman–Crippen LogP) is 4.31. The Morgan fingerprint density at radius 1 is 1.15 bits per heavy atom. The highest BCUT2D eigenvalue weighted by atomic mass is 32.1. The average molecular weight is 463 g/mol. The minimum atomic E-state index is -0.827. The molecule has 1 saturated heterocycles. The molecule has 2 aromatic carbocycles. The van der Waals surface area contributed by atoms with Crippen molar-refractivity contribution in [3.05, 3.63) is 59.2 Å². The number of hydrogen-bond donors (Lipinski definition) is 1. The normalized spacial score (nSPS) is 17.2. The van der Waals surface area contributed by atoms with Gasteiger partial charge in [-0.2, -0.15) is 0 Å². The molecule has 1 aliphatic carbocycles. The Balaban J connectivity index is 1.47. The zero-order valence-electron chi connectivity index (χ0n) is 18.8. The lowest BCUT2D eigenvalue weighted by Gasteiger charge is -2.23. The van der Waals surface area contributed by atoms with E-state index in [4.69, 9.17) is 4.98 Å². The monoisotopic (exact) mass is 462 g/mol. The fourth-order valence-corrected chi connectivity index (χ4v) is 5.90. The molecule has 0 bridgehead atoms. The third-order valence-corrected chi connectivity index (χ3v) is 7.75. The number of benzene rings is 2. The lowest BCUT2D eigenvalue weighted by Crippen LogP contribution is -2.46. The lowest BCUT2D eigenvalue weighted by molar-refractivity contribution is -0.134. The van der Waals surface area contributed by atoms with Gasteiger partial charge in [0, 0.05) is 0 Å². The van der Waals surface area contributed by atoms with Crippen molar-refractivity contribution in [1.29, 1.82) is 0 Å². The minimum Gasteiger partial charge on any atom is -0.323 e. The molecule has 2 heterocycles. The molecular formula is C25H26N4O3S. The summed E-state index contributed by atoms with van der Waals surface area (Å²) in [6.45, 7) is 4.07. The number of amides is 4. The van der Waals surface area contributed by atoms with Crippen LogP contribution in [0.1, 0.15) is 42.4 Å². The molecule has 3 aromatic rings. The number of thiazole rings is 1. The van der Waals surface area contributed by atoms with Crippen LogP contribution >= 0.6 is 11.3 Å². The predicted molar refractivity (Wildman–Crippen MR) is 128 cm³/mol. The summed E-state index contributed by atoms with van der Waals surface area (Å²) in [5, 5.41) is 3.42. The lowest BCUT2D eigenvalue weighted by atomic mass is 9.98. The summed E-state index contributed by atoms with van der Waals surface area (Å²) in [6, 6.07) is 13.3. The van der Waals surface area contributed by atoms with Crippen LogP contribution in [0.5, 0.6) is 0 Å². The molecule has 2 fully saturated rings. The summed E-state index contributed by atoms with van der Waals surface area (Å²) in [4.78, 5) is 46.7. The molecule has 170 valence electrons. The van der Waals surface area contributed by atoms with E-state index in [0.29, 0.717) is 24.5 Å². The highest BCUT2D eigenvalue weighted by Gasteiger charge is 2.53. The summed E-state index contributed by atoms with van der Waals surface area (Å²) in [5.41, 5.74) is 3.18. The van der Waals surface area contributed by atoms with E-state index in [9.17, 15) is 14.4 Å². The summed E-state index contributed by atoms with van der Waals surface area (Å²) in [6.07, 6.45) is 3.07. The summed E-state index contributed by atoms with van der Waals surface area (Å²) in [7, 11) is 0. The number of nitrogens with one attached hydrogen (secondary N) is 1. The van der Waals surface area contributed by atoms with Crippen molar-refractivity contribution in [2.24, 2.45) is 0 Å². The molecule has 1 N–H and O–H groups in total. The van der Waals surface area contributed by atoms with Crippen LogP contribution in [0.25, 0.3) is 10.2 Å². The van der Waals surface area contributed by atoms with Crippen LogP contribution in [-0.4, -0.2) is 39.8 Å². The first-order valence-electron chi connectivity index (χ1n) is 11.2. The maximum atomic E-state index is 13.5. The third-order valence-electron chi connectivity index (χ3n) is 6.52. The molecule has 0 unspecified atom stereocenters. The van der Waals surface area contributed by atoms with Crippen LogP contribution in [0.2, 0.25) is 0 Å². The number of imide groups is 1. The Morgan fingerprint density at radius 2 is 1.88 bits per heavy atom. The fourth-order valence-electron chi connectivity index (χ4n) is 4.87. The number of anilines is 1. The number of nitrogens with zero attached hydrogens (tertiary/aromatic N) is 3. The van der Waals surface area contributed by atoms with Crippen molar-refractivity contribution < 1.29 is 14.4 Å². The van der Waals surface area contributed by atoms with E-state index in [1.165, 1.54) is 11.3 Å². The van der Waals surface area contributed by atoms with Crippen molar-refractivity contribution in [1.82, 2.24) is 15.2 Å². The summed E-state index contributed by atoms with van der Waals surface area (Å²) >= 11 is 1.46. The number of urea groups is 1. The van der Waals surface area contributed by atoms with E-state index in [-0.39, 0.29) is 18.4 Å². The third kappa shape index (κ3) is 3.88. The molecule has 4 amide bonds. The van der Waals surface area contributed by atoms with E-state index in [1.807, 2.05) is 50.2 Å². The van der Waals surface area contributed by atoms with Gasteiger partial charge in [-0.1, -0.05) is 60.6 Å². The summed E-state index contributed by atoms with van der Waals surface area (Å²) in [5.74, 6) is -0.611. The molecule has 5 rings (SSSR count). The van der Waals surface area contributed by atoms with Gasteiger partial charge >= 0.3 is 6.03 Å². The van der Waals surface area contributed by atoms with Crippen LogP contribution in [0.3, 0.4) is 0 Å². The molecule has 2 aliphatic rings. The van der Waals surface area contributed by atoms with E-state index in [0.717, 1.165) is 44.6 Å². The maximum Gasteiger partial charge on any atom is 0.325 e. The molecule has 1 spiro atoms. The number of rotatable bonds is 5. The molecule has 8 heteroatoms. The standard InChI is InChI=1S/C25H26N4O3S/c1-16-12-17(2)21-19(13-16)26-24(33-21)28(14-18-8-4-3-5-9-18)20(30)15-29-22(31)25(27-23(29)32)10-6-7-11-25/h3-5,8-9,12-13H,6-7,10-11,14-15H2,1-2H3,(H,27,32). The van der Waals surface area contributed by atoms with Crippen LogP contribution in [0.15, 0.2) is 42.5 Å². The van der Waals surface area contributed by atoms with E-state index in [2.05, 4.69) is 11.4 Å². The number of fused-ring (bicyclic) bond motifs is 1. The molecule has 1 aliphatic heterocycles. The topological polar surface area (TPSA) is 82.6 Å². The minimum absolute atomic E-state index is 0.284. The second-order valence-electron chi connectivity index (χ2n) is 9.00. The van der Waals surface area contributed by atoms with Crippen molar-refractivity contribution in [2.45, 2.75) is 51.6 Å². The van der Waals surface area contributed by atoms with Gasteiger partial charge in [-0.3, -0.25) is 19.4 Å². The van der Waals surface area contributed by atoms with Gasteiger partial charge in [0.1, 0.15) is 12.1 Å². The first-order valence-corrected chi connectivity index (χ1v) is 12.0. The Bertz CT molecular complexity index is 1250. The Kier molecular flexibility index (Phi) is 5.40. The molecule has 1 aromatic heterocycles. The van der Waals surface area contributed by atoms with E-state index < -0.39 is 11.6 Å².